The molecular weight excluding hydrogens is 389 g/mol. The largest absolute Gasteiger partial charge is 0.303 e. The van der Waals surface area contributed by atoms with E-state index in [0.717, 1.165) is 4.88 Å². The maximum absolute atomic E-state index is 13.4. The van der Waals surface area contributed by atoms with E-state index >= 15 is 0 Å². The van der Waals surface area contributed by atoms with Gasteiger partial charge < -0.3 is 0 Å². The molecule has 3 aromatic heterocycles. The highest BCUT2D eigenvalue weighted by atomic mass is 32.1. The summed E-state index contributed by atoms with van der Waals surface area (Å²) in [4.78, 5) is 23.0. The van der Waals surface area contributed by atoms with E-state index in [9.17, 15) is 9.18 Å². The van der Waals surface area contributed by atoms with Gasteiger partial charge in [-0.05, 0) is 61.7 Å². The van der Waals surface area contributed by atoms with Crippen molar-refractivity contribution < 1.29 is 9.18 Å². The van der Waals surface area contributed by atoms with Gasteiger partial charge in [-0.3, -0.25) is 14.4 Å². The fourth-order valence-corrected chi connectivity index (χ4v) is 3.51. The van der Waals surface area contributed by atoms with Crippen molar-refractivity contribution in [2.45, 2.75) is 19.9 Å². The Bertz CT molecular complexity index is 1210. The Labute approximate surface area is 170 Å². The summed E-state index contributed by atoms with van der Waals surface area (Å²) in [5.41, 5.74) is 1.15. The van der Waals surface area contributed by atoms with Crippen LogP contribution in [0.25, 0.3) is 16.4 Å². The van der Waals surface area contributed by atoms with E-state index in [2.05, 4.69) is 15.1 Å². The highest BCUT2D eigenvalue weighted by Gasteiger charge is 2.21. The summed E-state index contributed by atoms with van der Waals surface area (Å²) in [6.45, 7) is 3.89. The van der Waals surface area contributed by atoms with Crippen LogP contribution in [0.4, 0.5) is 4.39 Å². The predicted molar refractivity (Wildman–Crippen MR) is 109 cm³/mol. The van der Waals surface area contributed by atoms with Crippen molar-refractivity contribution in [3.05, 3.63) is 83.3 Å². The van der Waals surface area contributed by atoms with Crippen LogP contribution in [-0.4, -0.2) is 31.3 Å². The number of carbonyl (C=O) groups is 1. The third-order valence-corrected chi connectivity index (χ3v) is 4.92. The lowest BCUT2D eigenvalue weighted by atomic mass is 10.3. The summed E-state index contributed by atoms with van der Waals surface area (Å²) in [6.07, 6.45) is 1.65. The first-order valence-electron chi connectivity index (χ1n) is 9.06. The molecule has 0 saturated carbocycles. The molecule has 4 rings (SSSR count). The molecule has 0 bridgehead atoms. The zero-order valence-corrected chi connectivity index (χ0v) is 16.7. The van der Waals surface area contributed by atoms with Gasteiger partial charge in [-0.15, -0.1) is 16.4 Å². The molecule has 0 saturated heterocycles. The normalized spacial score (nSPS) is 11.9. The monoisotopic (exact) mass is 407 g/mol. The van der Waals surface area contributed by atoms with Gasteiger partial charge in [-0.25, -0.2) is 14.1 Å². The third-order valence-electron chi connectivity index (χ3n) is 4.06. The standard InChI is InChI=1S/C21H18FN5OS/c1-14(2)23-18-7-3-4-12-26(18)21(28)19-24-20(17-6-5-13-29-17)27(25-19)16-10-8-15(22)9-11-16/h3-14H,1-2H3. The van der Waals surface area contributed by atoms with E-state index in [-0.39, 0.29) is 23.6 Å². The van der Waals surface area contributed by atoms with Crippen LogP contribution in [0.1, 0.15) is 24.5 Å². The second kappa shape index (κ2) is 7.92. The van der Waals surface area contributed by atoms with Crippen LogP contribution in [0.15, 0.2) is 71.2 Å². The molecule has 0 aliphatic heterocycles. The molecule has 0 radical (unpaired) electrons. The number of benzene rings is 1. The minimum Gasteiger partial charge on any atom is -0.265 e. The number of thiophene rings is 1. The van der Waals surface area contributed by atoms with Gasteiger partial charge in [0.15, 0.2) is 5.82 Å². The van der Waals surface area contributed by atoms with Gasteiger partial charge >= 0.3 is 5.91 Å². The van der Waals surface area contributed by atoms with Crippen LogP contribution < -0.4 is 5.49 Å². The number of carbonyl (C=O) groups excluding carboxylic acids is 1. The topological polar surface area (TPSA) is 65.1 Å². The number of pyridine rings is 1. The first-order chi connectivity index (χ1) is 14.0. The van der Waals surface area contributed by atoms with Crippen molar-refractivity contribution in [3.8, 4) is 16.4 Å². The van der Waals surface area contributed by atoms with Crippen molar-refractivity contribution in [2.75, 3.05) is 0 Å². The van der Waals surface area contributed by atoms with Gasteiger partial charge in [0.05, 0.1) is 10.6 Å². The molecule has 6 nitrogen and oxygen atoms in total. The number of hydrogen-bond acceptors (Lipinski definition) is 5. The zero-order chi connectivity index (χ0) is 20.4. The average molecular weight is 407 g/mol. The second-order valence-electron chi connectivity index (χ2n) is 6.58. The highest BCUT2D eigenvalue weighted by molar-refractivity contribution is 7.13. The molecule has 0 N–H and O–H groups in total. The molecule has 29 heavy (non-hydrogen) atoms. The van der Waals surface area contributed by atoms with Gasteiger partial charge in [-0.2, -0.15) is 0 Å². The molecule has 4 aromatic rings. The summed E-state index contributed by atoms with van der Waals surface area (Å²) in [5.74, 6) is -0.172. The van der Waals surface area contributed by atoms with Gasteiger partial charge in [0.1, 0.15) is 11.3 Å². The summed E-state index contributed by atoms with van der Waals surface area (Å²) in [7, 11) is 0. The maximum Gasteiger partial charge on any atom is 0.303 e. The molecule has 0 atom stereocenters. The van der Waals surface area contributed by atoms with E-state index in [1.807, 2.05) is 37.4 Å². The molecular formula is C21H18FN5OS. The Hall–Kier alpha value is -3.39. The quantitative estimate of drug-likeness (QED) is 0.515. The Morgan fingerprint density at radius 3 is 2.59 bits per heavy atom. The number of hydrogen-bond donors (Lipinski definition) is 0. The molecule has 0 aliphatic carbocycles. The van der Waals surface area contributed by atoms with E-state index in [4.69, 9.17) is 0 Å². The lowest BCUT2D eigenvalue weighted by molar-refractivity contribution is 0.0944. The van der Waals surface area contributed by atoms with Gasteiger partial charge in [0.2, 0.25) is 5.82 Å². The van der Waals surface area contributed by atoms with E-state index in [1.165, 1.54) is 28.0 Å². The lowest BCUT2D eigenvalue weighted by Gasteiger charge is -2.05. The molecule has 1 aromatic carbocycles. The van der Waals surface area contributed by atoms with Gasteiger partial charge in [0.25, 0.3) is 0 Å². The smallest absolute Gasteiger partial charge is 0.265 e. The fourth-order valence-electron chi connectivity index (χ4n) is 2.81. The second-order valence-corrected chi connectivity index (χ2v) is 7.53. The molecule has 8 heteroatoms. The minimum absolute atomic E-state index is 0.0304. The SMILES string of the molecule is CC(C)N=c1ccccn1C(=O)c1nc(-c2cccs2)n(-c2ccc(F)cc2)n1. The van der Waals surface area contributed by atoms with Crippen LogP contribution in [0.2, 0.25) is 0 Å². The summed E-state index contributed by atoms with van der Waals surface area (Å²) in [5, 5.41) is 6.36. The third kappa shape index (κ3) is 3.93. The van der Waals surface area contributed by atoms with Crippen LogP contribution in [0.5, 0.6) is 0 Å². The van der Waals surface area contributed by atoms with Gasteiger partial charge in [0, 0.05) is 12.2 Å². The zero-order valence-electron chi connectivity index (χ0n) is 15.9. The molecule has 0 spiro atoms. The molecule has 0 aliphatic rings. The summed E-state index contributed by atoms with van der Waals surface area (Å²) >= 11 is 1.49. The van der Waals surface area contributed by atoms with Crippen LogP contribution in [0, 0.1) is 5.82 Å². The van der Waals surface area contributed by atoms with Crippen molar-refractivity contribution >= 4 is 17.2 Å². The Morgan fingerprint density at radius 2 is 1.90 bits per heavy atom. The number of halogens is 1. The molecule has 3 heterocycles. The molecule has 146 valence electrons. The summed E-state index contributed by atoms with van der Waals surface area (Å²) in [6, 6.07) is 15.1. The van der Waals surface area contributed by atoms with Crippen LogP contribution >= 0.6 is 11.3 Å². The molecule has 0 amide bonds. The highest BCUT2D eigenvalue weighted by Crippen LogP contribution is 2.25. The van der Waals surface area contributed by atoms with E-state index < -0.39 is 0 Å². The van der Waals surface area contributed by atoms with Crippen molar-refractivity contribution in [3.63, 3.8) is 0 Å². The molecule has 0 fully saturated rings. The lowest BCUT2D eigenvalue weighted by Crippen LogP contribution is -2.29. The number of rotatable bonds is 4. The fraction of sp³-hybridized carbons (Fsp3) is 0.143. The summed E-state index contributed by atoms with van der Waals surface area (Å²) < 4.78 is 16.4. The number of nitrogens with zero attached hydrogens (tertiary/aromatic N) is 5. The van der Waals surface area contributed by atoms with Crippen LogP contribution in [0.3, 0.4) is 0 Å². The van der Waals surface area contributed by atoms with E-state index in [1.54, 1.807) is 35.1 Å². The van der Waals surface area contributed by atoms with E-state index in [0.29, 0.717) is 17.0 Å². The Morgan fingerprint density at radius 1 is 1.10 bits per heavy atom. The first-order valence-corrected chi connectivity index (χ1v) is 9.94. The minimum atomic E-state index is -0.385. The molecule has 0 unspecified atom stereocenters. The van der Waals surface area contributed by atoms with Crippen LogP contribution in [-0.2, 0) is 0 Å². The van der Waals surface area contributed by atoms with Crippen molar-refractivity contribution in [2.24, 2.45) is 4.99 Å². The average Bonchev–Trinajstić information content (AvgIpc) is 3.38. The van der Waals surface area contributed by atoms with Crippen molar-refractivity contribution in [1.82, 2.24) is 19.3 Å². The maximum atomic E-state index is 13.4. The predicted octanol–water partition coefficient (Wildman–Crippen LogP) is 3.93. The Kier molecular flexibility index (Phi) is 5.18. The van der Waals surface area contributed by atoms with Gasteiger partial charge in [-0.1, -0.05) is 12.1 Å². The van der Waals surface area contributed by atoms with Crippen molar-refractivity contribution in [1.29, 1.82) is 0 Å². The number of aromatic nitrogens is 4. The Balaban J connectivity index is 1.85. The first kappa shape index (κ1) is 18.9.